The number of aliphatic imine (C=N–C) groups is 1. The topological polar surface area (TPSA) is 56.7 Å². The number of amides is 1. The fourth-order valence-electron chi connectivity index (χ4n) is 3.14. The average molecular weight is 350 g/mol. The molecule has 136 valence electrons. The summed E-state index contributed by atoms with van der Waals surface area (Å²) in [4.78, 5) is 18.9. The van der Waals surface area contributed by atoms with Crippen molar-refractivity contribution in [3.8, 4) is 0 Å². The van der Waals surface area contributed by atoms with Gasteiger partial charge in [0.15, 0.2) is 5.96 Å². The molecule has 0 radical (unpaired) electrons. The minimum absolute atomic E-state index is 0.0374. The van der Waals surface area contributed by atoms with Crippen LogP contribution in [0.2, 0.25) is 0 Å². The maximum Gasteiger partial charge on any atom is 0.251 e. The van der Waals surface area contributed by atoms with Gasteiger partial charge >= 0.3 is 0 Å². The molecule has 0 unspecified atom stereocenters. The van der Waals surface area contributed by atoms with Crippen molar-refractivity contribution in [2.75, 3.05) is 24.5 Å². The fourth-order valence-corrected chi connectivity index (χ4v) is 3.14. The summed E-state index contributed by atoms with van der Waals surface area (Å²) in [6, 6.07) is 16.1. The Kier molecular flexibility index (Phi) is 5.89. The second-order valence-electron chi connectivity index (χ2n) is 6.26. The molecule has 1 aliphatic rings. The Morgan fingerprint density at radius 1 is 1.04 bits per heavy atom. The lowest BCUT2D eigenvalue weighted by molar-refractivity contribution is 0.0956. The van der Waals surface area contributed by atoms with Gasteiger partial charge in [0.2, 0.25) is 0 Å². The number of hydrogen-bond acceptors (Lipinski definition) is 2. The predicted molar refractivity (Wildman–Crippen MR) is 107 cm³/mol. The zero-order valence-corrected chi connectivity index (χ0v) is 15.5. The number of hydrogen-bond donors (Lipinski definition) is 2. The van der Waals surface area contributed by atoms with Gasteiger partial charge in [-0.25, -0.2) is 4.99 Å². The van der Waals surface area contributed by atoms with E-state index in [1.807, 2.05) is 31.2 Å². The van der Waals surface area contributed by atoms with Gasteiger partial charge in [-0.2, -0.15) is 0 Å². The fraction of sp³-hybridized carbons (Fsp3) is 0.333. The predicted octanol–water partition coefficient (Wildman–Crippen LogP) is 2.96. The number of nitrogens with one attached hydrogen (secondary N) is 2. The Labute approximate surface area is 155 Å². The summed E-state index contributed by atoms with van der Waals surface area (Å²) in [7, 11) is 0. The van der Waals surface area contributed by atoms with Gasteiger partial charge in [0.05, 0.1) is 6.54 Å². The van der Waals surface area contributed by atoms with Crippen molar-refractivity contribution in [3.05, 3.63) is 65.2 Å². The molecule has 5 nitrogen and oxygen atoms in total. The lowest BCUT2D eigenvalue weighted by Crippen LogP contribution is -2.40. The second kappa shape index (κ2) is 8.52. The summed E-state index contributed by atoms with van der Waals surface area (Å²) in [5.74, 6) is 0.870. The van der Waals surface area contributed by atoms with E-state index < -0.39 is 0 Å². The number of carbonyl (C=O) groups excluding carboxylic acids is 1. The highest BCUT2D eigenvalue weighted by molar-refractivity contribution is 5.98. The first-order chi connectivity index (χ1) is 12.7. The van der Waals surface area contributed by atoms with E-state index in [4.69, 9.17) is 4.99 Å². The molecule has 0 spiro atoms. The number of carbonyl (C=O) groups is 1. The van der Waals surface area contributed by atoms with Crippen LogP contribution >= 0.6 is 0 Å². The molecule has 0 atom stereocenters. The molecule has 0 saturated carbocycles. The van der Waals surface area contributed by atoms with Crippen molar-refractivity contribution in [2.24, 2.45) is 4.99 Å². The van der Waals surface area contributed by atoms with Crippen molar-refractivity contribution in [1.82, 2.24) is 10.6 Å². The van der Waals surface area contributed by atoms with E-state index in [-0.39, 0.29) is 5.91 Å². The van der Waals surface area contributed by atoms with Gasteiger partial charge in [-0.3, -0.25) is 4.79 Å². The number of fused-ring (bicyclic) bond motifs is 1. The van der Waals surface area contributed by atoms with Crippen molar-refractivity contribution >= 4 is 17.6 Å². The summed E-state index contributed by atoms with van der Waals surface area (Å²) < 4.78 is 0. The molecule has 1 aliphatic heterocycles. The van der Waals surface area contributed by atoms with Crippen LogP contribution in [0, 0.1) is 0 Å². The van der Waals surface area contributed by atoms with Crippen molar-refractivity contribution < 1.29 is 4.79 Å². The minimum atomic E-state index is -0.0374. The van der Waals surface area contributed by atoms with Gasteiger partial charge < -0.3 is 15.5 Å². The van der Waals surface area contributed by atoms with Gasteiger partial charge in [0, 0.05) is 30.9 Å². The summed E-state index contributed by atoms with van der Waals surface area (Å²) in [5, 5.41) is 6.21. The van der Waals surface area contributed by atoms with Crippen LogP contribution in [0.3, 0.4) is 0 Å². The number of para-hydroxylation sites is 1. The Bertz CT molecular complexity index is 783. The molecule has 0 fully saturated rings. The number of rotatable bonds is 5. The highest BCUT2D eigenvalue weighted by Gasteiger charge is 2.22. The molecule has 1 amide bonds. The van der Waals surface area contributed by atoms with E-state index in [1.165, 1.54) is 11.3 Å². The molecule has 0 saturated heterocycles. The first-order valence-corrected chi connectivity index (χ1v) is 9.23. The molecular formula is C21H26N4O. The maximum atomic E-state index is 11.8. The first-order valence-electron chi connectivity index (χ1n) is 9.23. The molecule has 2 aromatic carbocycles. The van der Waals surface area contributed by atoms with Crippen LogP contribution in [-0.4, -0.2) is 31.5 Å². The largest absolute Gasteiger partial charge is 0.356 e. The van der Waals surface area contributed by atoms with Gasteiger partial charge in [-0.1, -0.05) is 30.3 Å². The summed E-state index contributed by atoms with van der Waals surface area (Å²) in [6.07, 6.45) is 1.04. The maximum absolute atomic E-state index is 11.8. The minimum Gasteiger partial charge on any atom is -0.356 e. The Balaban J connectivity index is 1.73. The SMILES string of the molecule is CCNC(=O)c1ccc(CN=C(NCC)N2CCc3ccccc32)cc1. The molecule has 0 aliphatic carbocycles. The molecule has 26 heavy (non-hydrogen) atoms. The monoisotopic (exact) mass is 350 g/mol. The van der Waals surface area contributed by atoms with Gasteiger partial charge in [0.25, 0.3) is 5.91 Å². The smallest absolute Gasteiger partial charge is 0.251 e. The van der Waals surface area contributed by atoms with E-state index in [9.17, 15) is 4.79 Å². The summed E-state index contributed by atoms with van der Waals surface area (Å²) in [5.41, 5.74) is 4.36. The van der Waals surface area contributed by atoms with Gasteiger partial charge in [0.1, 0.15) is 0 Å². The molecule has 0 aromatic heterocycles. The van der Waals surface area contributed by atoms with Crippen LogP contribution in [0.4, 0.5) is 5.69 Å². The van der Waals surface area contributed by atoms with Crippen molar-refractivity contribution in [3.63, 3.8) is 0 Å². The highest BCUT2D eigenvalue weighted by atomic mass is 16.1. The van der Waals surface area contributed by atoms with E-state index in [1.54, 1.807) is 0 Å². The third-order valence-electron chi connectivity index (χ3n) is 4.44. The number of anilines is 1. The normalized spacial score (nSPS) is 13.5. The highest BCUT2D eigenvalue weighted by Crippen LogP contribution is 2.27. The van der Waals surface area contributed by atoms with Crippen LogP contribution in [0.1, 0.15) is 35.3 Å². The second-order valence-corrected chi connectivity index (χ2v) is 6.26. The standard InChI is InChI=1S/C21H26N4O/c1-3-22-20(26)18-11-9-16(10-12-18)15-24-21(23-4-2)25-14-13-17-7-5-6-8-19(17)25/h5-12H,3-4,13-15H2,1-2H3,(H,22,26)(H,23,24). The number of guanidine groups is 1. The van der Waals surface area contributed by atoms with E-state index in [0.29, 0.717) is 18.7 Å². The van der Waals surface area contributed by atoms with Gasteiger partial charge in [-0.15, -0.1) is 0 Å². The van der Waals surface area contributed by atoms with Crippen LogP contribution < -0.4 is 15.5 Å². The van der Waals surface area contributed by atoms with Crippen LogP contribution in [-0.2, 0) is 13.0 Å². The van der Waals surface area contributed by atoms with Gasteiger partial charge in [-0.05, 0) is 49.6 Å². The van der Waals surface area contributed by atoms with Crippen molar-refractivity contribution in [1.29, 1.82) is 0 Å². The van der Waals surface area contributed by atoms with E-state index >= 15 is 0 Å². The number of nitrogens with zero attached hydrogens (tertiary/aromatic N) is 2. The van der Waals surface area contributed by atoms with E-state index in [2.05, 4.69) is 46.7 Å². The lowest BCUT2D eigenvalue weighted by atomic mass is 10.1. The van der Waals surface area contributed by atoms with E-state index in [0.717, 1.165) is 31.0 Å². The summed E-state index contributed by atoms with van der Waals surface area (Å²) in [6.45, 7) is 6.98. The van der Waals surface area contributed by atoms with Crippen LogP contribution in [0.15, 0.2) is 53.5 Å². The zero-order valence-electron chi connectivity index (χ0n) is 15.5. The Morgan fingerprint density at radius 2 is 1.77 bits per heavy atom. The number of benzene rings is 2. The Morgan fingerprint density at radius 3 is 2.50 bits per heavy atom. The summed E-state index contributed by atoms with van der Waals surface area (Å²) >= 11 is 0. The molecule has 3 rings (SSSR count). The molecule has 2 aromatic rings. The molecular weight excluding hydrogens is 324 g/mol. The molecule has 0 bridgehead atoms. The molecule has 5 heteroatoms. The zero-order chi connectivity index (χ0) is 18.4. The molecule has 2 N–H and O–H groups in total. The lowest BCUT2D eigenvalue weighted by Gasteiger charge is -2.22. The first kappa shape index (κ1) is 18.0. The third kappa shape index (κ3) is 4.04. The quantitative estimate of drug-likeness (QED) is 0.644. The third-order valence-corrected chi connectivity index (χ3v) is 4.44. The average Bonchev–Trinajstić information content (AvgIpc) is 3.10. The van der Waals surface area contributed by atoms with Crippen molar-refractivity contribution in [2.45, 2.75) is 26.8 Å². The van der Waals surface area contributed by atoms with Crippen LogP contribution in [0.5, 0.6) is 0 Å². The Hall–Kier alpha value is -2.82. The molecule has 1 heterocycles. The van der Waals surface area contributed by atoms with Crippen LogP contribution in [0.25, 0.3) is 0 Å².